The number of hydrogen-bond acceptors (Lipinski definition) is 4. The van der Waals surface area contributed by atoms with E-state index in [9.17, 15) is 26.4 Å². The van der Waals surface area contributed by atoms with Gasteiger partial charge in [-0.05, 0) is 65.1 Å². The van der Waals surface area contributed by atoms with Crippen LogP contribution < -0.4 is 10.6 Å². The quantitative estimate of drug-likeness (QED) is 0.386. The van der Waals surface area contributed by atoms with Gasteiger partial charge in [-0.3, -0.25) is 0 Å². The van der Waals surface area contributed by atoms with Crippen molar-refractivity contribution in [2.75, 3.05) is 16.4 Å². The number of urea groups is 1. The van der Waals surface area contributed by atoms with Crippen LogP contribution in [0, 0.1) is 5.92 Å². The lowest BCUT2D eigenvalue weighted by Gasteiger charge is -2.14. The van der Waals surface area contributed by atoms with E-state index in [1.54, 1.807) is 6.07 Å². The Bertz CT molecular complexity index is 1250. The molecule has 0 aliphatic heterocycles. The first-order chi connectivity index (χ1) is 15.6. The van der Waals surface area contributed by atoms with Gasteiger partial charge in [0.25, 0.3) is 0 Å². The highest BCUT2D eigenvalue weighted by Crippen LogP contribution is 2.35. The van der Waals surface area contributed by atoms with Crippen molar-refractivity contribution in [1.29, 1.82) is 0 Å². The first-order valence-electron chi connectivity index (χ1n) is 10.3. The lowest BCUT2D eigenvalue weighted by molar-refractivity contribution is -0.137. The van der Waals surface area contributed by atoms with Crippen molar-refractivity contribution in [1.82, 2.24) is 0 Å². The van der Waals surface area contributed by atoms with E-state index in [1.165, 1.54) is 35.6 Å². The zero-order valence-corrected chi connectivity index (χ0v) is 19.0. The van der Waals surface area contributed by atoms with Crippen LogP contribution in [0.5, 0.6) is 0 Å². The van der Waals surface area contributed by atoms with Crippen LogP contribution in [-0.2, 0) is 16.0 Å². The van der Waals surface area contributed by atoms with E-state index in [1.807, 2.05) is 16.8 Å². The predicted octanol–water partition coefficient (Wildman–Crippen LogP) is 6.65. The van der Waals surface area contributed by atoms with Gasteiger partial charge in [0.2, 0.25) is 0 Å². The fourth-order valence-corrected chi connectivity index (χ4v) is 5.50. The Balaban J connectivity index is 1.58. The van der Waals surface area contributed by atoms with E-state index >= 15 is 0 Å². The SMILES string of the molecule is O=C(Nc1cccc(C(F)(F)F)c1)Nc1cc(S(=O)(=O)CCC2CC2)ccc1-c1ccsc1. The number of carbonyl (C=O) groups is 1. The number of amides is 2. The smallest absolute Gasteiger partial charge is 0.308 e. The number of rotatable bonds is 7. The average Bonchev–Trinajstić information content (AvgIpc) is 3.43. The lowest BCUT2D eigenvalue weighted by atomic mass is 10.1. The fraction of sp³-hybridized carbons (Fsp3) is 0.261. The molecule has 1 fully saturated rings. The van der Waals surface area contributed by atoms with Crippen molar-refractivity contribution in [3.05, 3.63) is 64.9 Å². The van der Waals surface area contributed by atoms with E-state index in [0.29, 0.717) is 17.9 Å². The van der Waals surface area contributed by atoms with Crippen LogP contribution in [0.15, 0.2) is 64.2 Å². The molecule has 0 atom stereocenters. The molecule has 4 rings (SSSR count). The zero-order valence-electron chi connectivity index (χ0n) is 17.4. The molecule has 2 N–H and O–H groups in total. The molecule has 5 nitrogen and oxygen atoms in total. The Hall–Kier alpha value is -2.85. The van der Waals surface area contributed by atoms with Gasteiger partial charge in [-0.25, -0.2) is 13.2 Å². The van der Waals surface area contributed by atoms with Crippen molar-refractivity contribution in [2.45, 2.75) is 30.3 Å². The first kappa shape index (κ1) is 23.3. The van der Waals surface area contributed by atoms with Crippen LogP contribution in [0.4, 0.5) is 29.3 Å². The van der Waals surface area contributed by atoms with Crippen LogP contribution >= 0.6 is 11.3 Å². The maximum atomic E-state index is 13.0. The predicted molar refractivity (Wildman–Crippen MR) is 123 cm³/mol. The molecule has 1 aliphatic rings. The molecule has 3 aromatic rings. The van der Waals surface area contributed by atoms with Crippen LogP contribution in [0.3, 0.4) is 0 Å². The van der Waals surface area contributed by atoms with Gasteiger partial charge in [-0.2, -0.15) is 24.5 Å². The summed E-state index contributed by atoms with van der Waals surface area (Å²) in [5.74, 6) is 0.492. The molecule has 0 unspecified atom stereocenters. The highest BCUT2D eigenvalue weighted by molar-refractivity contribution is 7.91. The Morgan fingerprint density at radius 3 is 2.52 bits per heavy atom. The molecule has 0 saturated heterocycles. The normalized spacial score (nSPS) is 14.2. The molecule has 0 radical (unpaired) electrons. The Labute approximate surface area is 193 Å². The summed E-state index contributed by atoms with van der Waals surface area (Å²) in [7, 11) is -3.53. The number of benzene rings is 2. The highest BCUT2D eigenvalue weighted by Gasteiger charge is 2.30. The van der Waals surface area contributed by atoms with E-state index in [0.717, 1.165) is 30.5 Å². The van der Waals surface area contributed by atoms with Gasteiger partial charge < -0.3 is 10.6 Å². The molecule has 0 bridgehead atoms. The summed E-state index contributed by atoms with van der Waals surface area (Å²) in [5.41, 5.74) is 0.730. The second-order valence-corrected chi connectivity index (χ2v) is 10.8. The summed E-state index contributed by atoms with van der Waals surface area (Å²) in [5, 5.41) is 8.69. The molecule has 2 amide bonds. The topological polar surface area (TPSA) is 75.3 Å². The molecular formula is C23H21F3N2O3S2. The molecular weight excluding hydrogens is 473 g/mol. The van der Waals surface area contributed by atoms with Gasteiger partial charge >= 0.3 is 12.2 Å². The maximum absolute atomic E-state index is 13.0. The van der Waals surface area contributed by atoms with Gasteiger partial charge in [0.15, 0.2) is 9.84 Å². The molecule has 1 heterocycles. The van der Waals surface area contributed by atoms with Gasteiger partial charge in [0.1, 0.15) is 0 Å². The molecule has 33 heavy (non-hydrogen) atoms. The van der Waals surface area contributed by atoms with E-state index < -0.39 is 27.6 Å². The van der Waals surface area contributed by atoms with Crippen molar-refractivity contribution in [2.24, 2.45) is 5.92 Å². The third-order valence-electron chi connectivity index (χ3n) is 5.37. The number of alkyl halides is 3. The Kier molecular flexibility index (Phi) is 6.49. The Morgan fingerprint density at radius 2 is 1.85 bits per heavy atom. The minimum atomic E-state index is -4.54. The summed E-state index contributed by atoms with van der Waals surface area (Å²) < 4.78 is 64.4. The van der Waals surface area contributed by atoms with Crippen LogP contribution in [-0.4, -0.2) is 20.2 Å². The zero-order chi connectivity index (χ0) is 23.6. The van der Waals surface area contributed by atoms with E-state index in [-0.39, 0.29) is 22.0 Å². The second kappa shape index (κ2) is 9.18. The summed E-state index contributed by atoms with van der Waals surface area (Å²) in [6.45, 7) is 0. The first-order valence-corrected chi connectivity index (χ1v) is 12.9. The molecule has 2 aromatic carbocycles. The van der Waals surface area contributed by atoms with Crippen molar-refractivity contribution < 1.29 is 26.4 Å². The molecule has 0 spiro atoms. The molecule has 1 aromatic heterocycles. The Morgan fingerprint density at radius 1 is 1.06 bits per heavy atom. The van der Waals surface area contributed by atoms with Gasteiger partial charge in [-0.15, -0.1) is 0 Å². The van der Waals surface area contributed by atoms with Crippen LogP contribution in [0.2, 0.25) is 0 Å². The van der Waals surface area contributed by atoms with Crippen molar-refractivity contribution in [3.8, 4) is 11.1 Å². The summed E-state index contributed by atoms with van der Waals surface area (Å²) in [4.78, 5) is 12.7. The van der Waals surface area contributed by atoms with Gasteiger partial charge in [0.05, 0.1) is 21.9 Å². The van der Waals surface area contributed by atoms with Crippen molar-refractivity contribution >= 4 is 38.6 Å². The summed E-state index contributed by atoms with van der Waals surface area (Å²) in [6.07, 6.45) is -1.83. The lowest BCUT2D eigenvalue weighted by Crippen LogP contribution is -2.20. The van der Waals surface area contributed by atoms with Gasteiger partial charge in [0, 0.05) is 11.3 Å². The minimum absolute atomic E-state index is 0.0331. The number of anilines is 2. The molecule has 10 heteroatoms. The van der Waals surface area contributed by atoms with E-state index in [4.69, 9.17) is 0 Å². The van der Waals surface area contributed by atoms with Gasteiger partial charge in [-0.1, -0.05) is 25.0 Å². The number of hydrogen-bond donors (Lipinski definition) is 2. The largest absolute Gasteiger partial charge is 0.416 e. The number of halogens is 3. The van der Waals surface area contributed by atoms with E-state index in [2.05, 4.69) is 10.6 Å². The minimum Gasteiger partial charge on any atom is -0.308 e. The van der Waals surface area contributed by atoms with Crippen LogP contribution in [0.25, 0.3) is 11.1 Å². The number of sulfone groups is 1. The van der Waals surface area contributed by atoms with Crippen molar-refractivity contribution in [3.63, 3.8) is 0 Å². The average molecular weight is 495 g/mol. The number of thiophene rings is 1. The monoisotopic (exact) mass is 494 g/mol. The maximum Gasteiger partial charge on any atom is 0.416 e. The molecule has 174 valence electrons. The third kappa shape index (κ3) is 5.94. The van der Waals surface area contributed by atoms with Crippen LogP contribution in [0.1, 0.15) is 24.8 Å². The fourth-order valence-electron chi connectivity index (χ4n) is 3.39. The number of carbonyl (C=O) groups excluding carboxylic acids is 1. The highest BCUT2D eigenvalue weighted by atomic mass is 32.2. The third-order valence-corrected chi connectivity index (χ3v) is 7.80. The standard InChI is InChI=1S/C23H21F3N2O3S2/c24-23(25,26)17-2-1-3-18(12-17)27-22(29)28-21-13-19(33(30,31)11-9-15-4-5-15)6-7-20(21)16-8-10-32-14-16/h1-3,6-8,10,12-15H,4-5,9,11H2,(H2,27,28,29). The number of nitrogens with one attached hydrogen (secondary N) is 2. The molecule has 1 saturated carbocycles. The summed E-state index contributed by atoms with van der Waals surface area (Å²) >= 11 is 1.44. The molecule has 1 aliphatic carbocycles. The second-order valence-electron chi connectivity index (χ2n) is 7.93. The summed E-state index contributed by atoms with van der Waals surface area (Å²) in [6, 6.07) is 9.88.